The van der Waals surface area contributed by atoms with Gasteiger partial charge in [-0.3, -0.25) is 4.90 Å². The van der Waals surface area contributed by atoms with Crippen molar-refractivity contribution in [1.29, 1.82) is 0 Å². The van der Waals surface area contributed by atoms with Gasteiger partial charge in [0.05, 0.1) is 19.8 Å². The van der Waals surface area contributed by atoms with E-state index in [4.69, 9.17) is 14.2 Å². The van der Waals surface area contributed by atoms with Crippen LogP contribution in [0, 0.1) is 0 Å². The lowest BCUT2D eigenvalue weighted by Crippen LogP contribution is -2.44. The summed E-state index contributed by atoms with van der Waals surface area (Å²) in [7, 11) is 1.93. The van der Waals surface area contributed by atoms with E-state index in [0.717, 1.165) is 30.9 Å². The van der Waals surface area contributed by atoms with Gasteiger partial charge in [0.1, 0.15) is 11.9 Å². The zero-order valence-electron chi connectivity index (χ0n) is 14.8. The summed E-state index contributed by atoms with van der Waals surface area (Å²) in [5, 5.41) is 9.84. The predicted octanol–water partition coefficient (Wildman–Crippen LogP) is 2.67. The molecule has 0 fully saturated rings. The van der Waals surface area contributed by atoms with Gasteiger partial charge in [-0.05, 0) is 44.6 Å². The Morgan fingerprint density at radius 1 is 1.04 bits per heavy atom. The second kappa shape index (κ2) is 11.4. The van der Waals surface area contributed by atoms with Gasteiger partial charge in [0.25, 0.3) is 0 Å². The number of ether oxygens (including phenoxy) is 3. The lowest BCUT2D eigenvalue weighted by atomic mass is 10.2. The molecule has 0 aliphatic heterocycles. The molecule has 0 saturated carbocycles. The highest BCUT2D eigenvalue weighted by atomic mass is 16.5. The number of hydrogen-bond acceptors (Lipinski definition) is 5. The topological polar surface area (TPSA) is 51.2 Å². The maximum atomic E-state index is 9.84. The van der Waals surface area contributed by atoms with Crippen molar-refractivity contribution in [3.05, 3.63) is 29.8 Å². The van der Waals surface area contributed by atoms with Crippen molar-refractivity contribution in [3.63, 3.8) is 0 Å². The first-order valence-electron chi connectivity index (χ1n) is 8.37. The minimum Gasteiger partial charge on any atom is -0.472 e. The molecule has 2 unspecified atom stereocenters. The molecule has 0 aliphatic rings. The summed E-state index contributed by atoms with van der Waals surface area (Å²) in [6.45, 7) is 9.24. The second-order valence-corrected chi connectivity index (χ2v) is 5.63. The lowest BCUT2D eigenvalue weighted by Gasteiger charge is -2.29. The first-order chi connectivity index (χ1) is 11.1. The van der Waals surface area contributed by atoms with Crippen molar-refractivity contribution < 1.29 is 19.3 Å². The van der Waals surface area contributed by atoms with Gasteiger partial charge in [-0.2, -0.15) is 0 Å². The van der Waals surface area contributed by atoms with E-state index in [2.05, 4.69) is 6.92 Å². The maximum Gasteiger partial charge on any atom is 0.178 e. The Labute approximate surface area is 140 Å². The minimum atomic E-state index is -0.564. The molecule has 23 heavy (non-hydrogen) atoms. The highest BCUT2D eigenvalue weighted by Crippen LogP contribution is 2.17. The first-order valence-corrected chi connectivity index (χ1v) is 8.37. The molecular weight excluding hydrogens is 294 g/mol. The van der Waals surface area contributed by atoms with Crippen LogP contribution in [0.4, 0.5) is 0 Å². The summed E-state index contributed by atoms with van der Waals surface area (Å²) >= 11 is 0. The SMILES string of the molecule is CCCOCCOCc1ccc(OC(C(C)O)N(C)CC)cc1. The molecule has 0 heterocycles. The predicted molar refractivity (Wildman–Crippen MR) is 91.6 cm³/mol. The van der Waals surface area contributed by atoms with Crippen molar-refractivity contribution >= 4 is 0 Å². The zero-order valence-corrected chi connectivity index (χ0v) is 14.8. The van der Waals surface area contributed by atoms with Gasteiger partial charge in [-0.15, -0.1) is 0 Å². The molecule has 0 radical (unpaired) electrons. The molecule has 132 valence electrons. The molecule has 1 N–H and O–H groups in total. The third-order valence-corrected chi connectivity index (χ3v) is 3.52. The molecule has 0 amide bonds. The number of aliphatic hydroxyl groups excluding tert-OH is 1. The largest absolute Gasteiger partial charge is 0.472 e. The van der Waals surface area contributed by atoms with Crippen molar-refractivity contribution in [3.8, 4) is 5.75 Å². The smallest absolute Gasteiger partial charge is 0.178 e. The monoisotopic (exact) mass is 325 g/mol. The van der Waals surface area contributed by atoms with Crippen molar-refractivity contribution in [2.75, 3.05) is 33.4 Å². The third kappa shape index (κ3) is 7.79. The molecule has 0 bridgehead atoms. The number of nitrogens with zero attached hydrogens (tertiary/aromatic N) is 1. The van der Waals surface area contributed by atoms with E-state index in [-0.39, 0.29) is 6.23 Å². The van der Waals surface area contributed by atoms with E-state index in [1.165, 1.54) is 0 Å². The van der Waals surface area contributed by atoms with Crippen LogP contribution in [-0.4, -0.2) is 55.8 Å². The van der Waals surface area contributed by atoms with Gasteiger partial charge < -0.3 is 19.3 Å². The van der Waals surface area contributed by atoms with Crippen LogP contribution in [0.1, 0.15) is 32.8 Å². The summed E-state index contributed by atoms with van der Waals surface area (Å²) in [6.07, 6.45) is 0.117. The average Bonchev–Trinajstić information content (AvgIpc) is 2.56. The van der Waals surface area contributed by atoms with Gasteiger partial charge in [0.2, 0.25) is 0 Å². The van der Waals surface area contributed by atoms with Crippen LogP contribution in [-0.2, 0) is 16.1 Å². The number of likely N-dealkylation sites (N-methyl/N-ethyl adjacent to an activating group) is 1. The third-order valence-electron chi connectivity index (χ3n) is 3.52. The van der Waals surface area contributed by atoms with E-state index in [1.54, 1.807) is 6.92 Å². The molecule has 1 rings (SSSR count). The quantitative estimate of drug-likeness (QED) is 0.473. The Bertz CT molecular complexity index is 408. The summed E-state index contributed by atoms with van der Waals surface area (Å²) in [5.74, 6) is 0.742. The van der Waals surface area contributed by atoms with E-state index in [1.807, 2.05) is 43.1 Å². The lowest BCUT2D eigenvalue weighted by molar-refractivity contribution is -0.0440. The first kappa shape index (κ1) is 19.9. The van der Waals surface area contributed by atoms with E-state index >= 15 is 0 Å². The summed E-state index contributed by atoms with van der Waals surface area (Å²) in [5.41, 5.74) is 1.09. The fourth-order valence-electron chi connectivity index (χ4n) is 2.09. The molecular formula is C18H31NO4. The van der Waals surface area contributed by atoms with E-state index in [0.29, 0.717) is 19.8 Å². The van der Waals surface area contributed by atoms with Crippen molar-refractivity contribution in [2.45, 2.75) is 46.1 Å². The number of hydrogen-bond donors (Lipinski definition) is 1. The van der Waals surface area contributed by atoms with Crippen LogP contribution in [0.3, 0.4) is 0 Å². The van der Waals surface area contributed by atoms with Gasteiger partial charge in [-0.1, -0.05) is 26.0 Å². The van der Waals surface area contributed by atoms with Crippen molar-refractivity contribution in [2.24, 2.45) is 0 Å². The average molecular weight is 325 g/mol. The van der Waals surface area contributed by atoms with Crippen molar-refractivity contribution in [1.82, 2.24) is 4.90 Å². The van der Waals surface area contributed by atoms with E-state index < -0.39 is 6.10 Å². The number of benzene rings is 1. The Morgan fingerprint density at radius 3 is 2.26 bits per heavy atom. The highest BCUT2D eigenvalue weighted by molar-refractivity contribution is 5.27. The second-order valence-electron chi connectivity index (χ2n) is 5.63. The summed E-state index contributed by atoms with van der Waals surface area (Å²) < 4.78 is 16.8. The molecule has 0 saturated heterocycles. The van der Waals surface area contributed by atoms with Crippen LogP contribution in [0.5, 0.6) is 5.75 Å². The Kier molecular flexibility index (Phi) is 9.87. The Balaban J connectivity index is 2.40. The van der Waals surface area contributed by atoms with Gasteiger partial charge >= 0.3 is 0 Å². The highest BCUT2D eigenvalue weighted by Gasteiger charge is 2.20. The van der Waals surface area contributed by atoms with Gasteiger partial charge in [0, 0.05) is 6.61 Å². The molecule has 1 aromatic rings. The molecule has 1 aromatic carbocycles. The Morgan fingerprint density at radius 2 is 1.70 bits per heavy atom. The molecule has 5 nitrogen and oxygen atoms in total. The van der Waals surface area contributed by atoms with Crippen LogP contribution in [0.15, 0.2) is 24.3 Å². The van der Waals surface area contributed by atoms with Gasteiger partial charge in [0.15, 0.2) is 6.23 Å². The Hall–Kier alpha value is -1.14. The normalized spacial score (nSPS) is 14.0. The standard InChI is InChI=1S/C18H31NO4/c1-5-11-21-12-13-22-14-16-7-9-17(10-8-16)23-18(15(3)20)19(4)6-2/h7-10,15,18,20H,5-6,11-14H2,1-4H3. The fourth-order valence-corrected chi connectivity index (χ4v) is 2.09. The molecule has 0 aliphatic carbocycles. The number of aliphatic hydroxyl groups is 1. The number of rotatable bonds is 12. The van der Waals surface area contributed by atoms with Crippen LogP contribution >= 0.6 is 0 Å². The van der Waals surface area contributed by atoms with Crippen LogP contribution in [0.25, 0.3) is 0 Å². The zero-order chi connectivity index (χ0) is 17.1. The van der Waals surface area contributed by atoms with Crippen LogP contribution in [0.2, 0.25) is 0 Å². The maximum absolute atomic E-state index is 9.84. The molecule has 2 atom stereocenters. The van der Waals surface area contributed by atoms with Crippen LogP contribution < -0.4 is 4.74 Å². The summed E-state index contributed by atoms with van der Waals surface area (Å²) in [4.78, 5) is 1.97. The molecule has 0 aromatic heterocycles. The summed E-state index contributed by atoms with van der Waals surface area (Å²) in [6, 6.07) is 7.77. The molecule has 5 heteroatoms. The van der Waals surface area contributed by atoms with Gasteiger partial charge in [-0.25, -0.2) is 0 Å². The van der Waals surface area contributed by atoms with E-state index in [9.17, 15) is 5.11 Å². The fraction of sp³-hybridized carbons (Fsp3) is 0.667. The minimum absolute atomic E-state index is 0.349. The molecule has 0 spiro atoms.